The van der Waals surface area contributed by atoms with Crippen LogP contribution in [0.5, 0.6) is 0 Å². The van der Waals surface area contributed by atoms with E-state index in [4.69, 9.17) is 16.6 Å². The van der Waals surface area contributed by atoms with Gasteiger partial charge in [-0.25, -0.2) is 18.1 Å². The summed E-state index contributed by atoms with van der Waals surface area (Å²) in [4.78, 5) is 5.00. The lowest BCUT2D eigenvalue weighted by molar-refractivity contribution is 0.581. The van der Waals surface area contributed by atoms with Crippen molar-refractivity contribution in [3.8, 4) is 11.3 Å². The predicted molar refractivity (Wildman–Crippen MR) is 159 cm³/mol. The maximum Gasteiger partial charge on any atom is 0.240 e. The van der Waals surface area contributed by atoms with E-state index in [0.29, 0.717) is 23.1 Å². The first kappa shape index (κ1) is 27.3. The highest BCUT2D eigenvalue weighted by Gasteiger charge is 2.15. The van der Waals surface area contributed by atoms with Crippen LogP contribution in [0.15, 0.2) is 94.4 Å². The molecule has 0 saturated heterocycles. The summed E-state index contributed by atoms with van der Waals surface area (Å²) >= 11 is 9.96. The molecule has 0 amide bonds. The van der Waals surface area contributed by atoms with Crippen molar-refractivity contribution in [3.63, 3.8) is 0 Å². The molecular formula is C29H27BrClN5O2S. The van der Waals surface area contributed by atoms with Crippen LogP contribution in [-0.4, -0.2) is 23.0 Å². The van der Waals surface area contributed by atoms with Gasteiger partial charge in [-0.15, -0.1) is 0 Å². The van der Waals surface area contributed by atoms with E-state index in [1.807, 2.05) is 66.7 Å². The number of fused-ring (bicyclic) bond motifs is 1. The van der Waals surface area contributed by atoms with Gasteiger partial charge in [-0.2, -0.15) is 9.61 Å². The lowest BCUT2D eigenvalue weighted by Crippen LogP contribution is -2.23. The van der Waals surface area contributed by atoms with Crippen molar-refractivity contribution >= 4 is 49.0 Å². The molecule has 5 aromatic rings. The number of hydrogen-bond donors (Lipinski definition) is 2. The van der Waals surface area contributed by atoms with Crippen LogP contribution in [0.25, 0.3) is 16.9 Å². The molecule has 2 N–H and O–H groups in total. The van der Waals surface area contributed by atoms with Gasteiger partial charge in [0, 0.05) is 29.7 Å². The van der Waals surface area contributed by atoms with Crippen molar-refractivity contribution in [2.24, 2.45) is 0 Å². The largest absolute Gasteiger partial charge is 0.366 e. The van der Waals surface area contributed by atoms with Crippen molar-refractivity contribution in [1.82, 2.24) is 19.3 Å². The first-order valence-corrected chi connectivity index (χ1v) is 15.1. The van der Waals surface area contributed by atoms with E-state index in [9.17, 15) is 8.42 Å². The topological polar surface area (TPSA) is 88.4 Å². The number of halogens is 2. The zero-order valence-corrected chi connectivity index (χ0v) is 24.6. The number of nitrogens with zero attached hydrogens (tertiary/aromatic N) is 3. The third-order valence-electron chi connectivity index (χ3n) is 6.40. The lowest BCUT2D eigenvalue weighted by atomic mass is 10.0. The molecule has 7 nitrogen and oxygen atoms in total. The van der Waals surface area contributed by atoms with E-state index in [1.54, 1.807) is 22.8 Å². The van der Waals surface area contributed by atoms with Gasteiger partial charge in [0.1, 0.15) is 5.82 Å². The first-order chi connectivity index (χ1) is 18.7. The molecule has 0 fully saturated rings. The summed E-state index contributed by atoms with van der Waals surface area (Å²) in [5.41, 5.74) is 5.24. The summed E-state index contributed by atoms with van der Waals surface area (Å²) < 4.78 is 30.7. The molecule has 0 aliphatic carbocycles. The second-order valence-electron chi connectivity index (χ2n) is 9.45. The van der Waals surface area contributed by atoms with E-state index in [2.05, 4.69) is 44.9 Å². The number of aromatic nitrogens is 3. The Bertz CT molecular complexity index is 1720. The molecule has 0 bridgehead atoms. The van der Waals surface area contributed by atoms with Gasteiger partial charge in [-0.05, 0) is 56.7 Å². The third-order valence-corrected chi connectivity index (χ3v) is 8.70. The second kappa shape index (κ2) is 11.5. The molecule has 0 unspecified atom stereocenters. The van der Waals surface area contributed by atoms with Crippen LogP contribution in [0.2, 0.25) is 5.02 Å². The lowest BCUT2D eigenvalue weighted by Gasteiger charge is -2.12. The van der Waals surface area contributed by atoms with Gasteiger partial charge in [0.25, 0.3) is 0 Å². The summed E-state index contributed by atoms with van der Waals surface area (Å²) in [6, 6.07) is 24.3. The third kappa shape index (κ3) is 6.17. The molecule has 0 radical (unpaired) electrons. The molecule has 0 atom stereocenters. The van der Waals surface area contributed by atoms with E-state index < -0.39 is 10.0 Å². The molecule has 0 aliphatic rings. The normalized spacial score (nSPS) is 11.8. The van der Waals surface area contributed by atoms with Crippen molar-refractivity contribution in [2.75, 3.05) is 5.32 Å². The predicted octanol–water partition coefficient (Wildman–Crippen LogP) is 7.03. The van der Waals surface area contributed by atoms with E-state index in [1.165, 1.54) is 0 Å². The first-order valence-electron chi connectivity index (χ1n) is 12.4. The minimum absolute atomic E-state index is 0.204. The molecule has 0 spiro atoms. The number of hydrogen-bond acceptors (Lipinski definition) is 5. The minimum Gasteiger partial charge on any atom is -0.366 e. The average molecular weight is 625 g/mol. The Morgan fingerprint density at radius 1 is 0.949 bits per heavy atom. The van der Waals surface area contributed by atoms with Gasteiger partial charge in [0.15, 0.2) is 5.65 Å². The van der Waals surface area contributed by atoms with E-state index >= 15 is 0 Å². The number of anilines is 1. The summed E-state index contributed by atoms with van der Waals surface area (Å²) in [5, 5.41) is 8.50. The Kier molecular flexibility index (Phi) is 8.04. The second-order valence-corrected chi connectivity index (χ2v) is 12.5. The molecule has 0 aliphatic heterocycles. The van der Waals surface area contributed by atoms with Gasteiger partial charge in [0.05, 0.1) is 21.3 Å². The van der Waals surface area contributed by atoms with Crippen LogP contribution < -0.4 is 10.0 Å². The highest BCUT2D eigenvalue weighted by atomic mass is 79.9. The van der Waals surface area contributed by atoms with Crippen LogP contribution in [0.3, 0.4) is 0 Å². The van der Waals surface area contributed by atoms with Gasteiger partial charge < -0.3 is 5.32 Å². The number of sulfonamides is 1. The molecule has 3 aromatic carbocycles. The molecule has 10 heteroatoms. The van der Waals surface area contributed by atoms with E-state index in [0.717, 1.165) is 38.2 Å². The summed E-state index contributed by atoms with van der Waals surface area (Å²) in [6.07, 6.45) is 1.71. The molecule has 2 heterocycles. The molecule has 39 heavy (non-hydrogen) atoms. The van der Waals surface area contributed by atoms with Crippen molar-refractivity contribution in [1.29, 1.82) is 0 Å². The fraction of sp³-hybridized carbons (Fsp3) is 0.172. The summed E-state index contributed by atoms with van der Waals surface area (Å²) in [6.45, 7) is 4.89. The minimum atomic E-state index is -3.60. The maximum absolute atomic E-state index is 12.7. The van der Waals surface area contributed by atoms with Crippen LogP contribution in [0.1, 0.15) is 36.5 Å². The molecule has 2 aromatic heterocycles. The highest BCUT2D eigenvalue weighted by Crippen LogP contribution is 2.30. The summed E-state index contributed by atoms with van der Waals surface area (Å²) in [7, 11) is -3.60. The zero-order chi connectivity index (χ0) is 27.6. The summed E-state index contributed by atoms with van der Waals surface area (Å²) in [5.74, 6) is 1.11. The highest BCUT2D eigenvalue weighted by molar-refractivity contribution is 9.10. The Morgan fingerprint density at radius 3 is 2.28 bits per heavy atom. The molecular weight excluding hydrogens is 598 g/mol. The smallest absolute Gasteiger partial charge is 0.240 e. The van der Waals surface area contributed by atoms with Crippen molar-refractivity contribution in [2.45, 2.75) is 37.8 Å². The fourth-order valence-corrected chi connectivity index (χ4v) is 5.73. The molecule has 5 rings (SSSR count). The van der Waals surface area contributed by atoms with Crippen LogP contribution >= 0.6 is 27.5 Å². The Balaban J connectivity index is 1.27. The van der Waals surface area contributed by atoms with Crippen LogP contribution in [-0.2, 0) is 23.1 Å². The SMILES string of the molecule is CC(C)c1ccc(S(=O)(=O)NCc2ccc(CNc3cc(-c4ccccc4Cl)nc4c(Br)cnn34)cc2)cc1. The van der Waals surface area contributed by atoms with Crippen LogP contribution in [0.4, 0.5) is 5.82 Å². The van der Waals surface area contributed by atoms with Gasteiger partial charge in [-0.1, -0.05) is 80.0 Å². The maximum atomic E-state index is 12.7. The number of rotatable bonds is 9. The standard InChI is InChI=1S/C29H27BrClN5O2S/c1-19(2)22-11-13-23(14-12-22)39(37,38)34-17-21-9-7-20(8-10-21)16-32-28-15-27(24-5-3-4-6-26(24)31)35-29-25(30)18-33-36(28)29/h3-15,18-19,32,34H,16-17H2,1-2H3. The zero-order valence-electron chi connectivity index (χ0n) is 21.4. The number of nitrogens with one attached hydrogen (secondary N) is 2. The molecule has 0 saturated carbocycles. The number of benzene rings is 3. The fourth-order valence-electron chi connectivity index (χ4n) is 4.13. The average Bonchev–Trinajstić information content (AvgIpc) is 3.32. The quantitative estimate of drug-likeness (QED) is 0.184. The van der Waals surface area contributed by atoms with Crippen molar-refractivity contribution < 1.29 is 8.42 Å². The monoisotopic (exact) mass is 623 g/mol. The van der Waals surface area contributed by atoms with Gasteiger partial charge >= 0.3 is 0 Å². The molecule has 200 valence electrons. The van der Waals surface area contributed by atoms with Gasteiger partial charge in [-0.3, -0.25) is 0 Å². The Labute approximate surface area is 241 Å². The Hall–Kier alpha value is -3.24. The Morgan fingerprint density at radius 2 is 1.62 bits per heavy atom. The van der Waals surface area contributed by atoms with Gasteiger partial charge in [0.2, 0.25) is 10.0 Å². The van der Waals surface area contributed by atoms with Crippen LogP contribution in [0, 0.1) is 0 Å². The van der Waals surface area contributed by atoms with Crippen molar-refractivity contribution in [3.05, 3.63) is 111 Å². The van der Waals surface area contributed by atoms with E-state index in [-0.39, 0.29) is 11.4 Å².